The van der Waals surface area contributed by atoms with Gasteiger partial charge in [0.05, 0.1) is 26.3 Å². The summed E-state index contributed by atoms with van der Waals surface area (Å²) < 4.78 is 10.5. The third-order valence-electron chi connectivity index (χ3n) is 3.28. The first-order chi connectivity index (χ1) is 10.0. The number of morpholine rings is 1. The monoisotopic (exact) mass is 296 g/mol. The smallest absolute Gasteiger partial charge is 0.240 e. The van der Waals surface area contributed by atoms with Crippen molar-refractivity contribution < 1.29 is 14.1 Å². The van der Waals surface area contributed by atoms with Crippen LogP contribution in [0.5, 0.6) is 0 Å². The maximum atomic E-state index is 12.1. The van der Waals surface area contributed by atoms with Gasteiger partial charge < -0.3 is 14.2 Å². The Bertz CT molecular complexity index is 455. The molecule has 0 N–H and O–H groups in total. The van der Waals surface area contributed by atoms with Crippen molar-refractivity contribution in [3.05, 3.63) is 11.7 Å². The molecular formula is C14H24N4O3. The van der Waals surface area contributed by atoms with Gasteiger partial charge in [0.15, 0.2) is 5.82 Å². The second kappa shape index (κ2) is 7.51. The molecule has 1 amide bonds. The molecule has 1 aromatic heterocycles. The fourth-order valence-electron chi connectivity index (χ4n) is 2.23. The van der Waals surface area contributed by atoms with Gasteiger partial charge in [0.2, 0.25) is 11.8 Å². The van der Waals surface area contributed by atoms with Crippen molar-refractivity contribution in [1.82, 2.24) is 19.9 Å². The van der Waals surface area contributed by atoms with Gasteiger partial charge in [-0.25, -0.2) is 0 Å². The average molecular weight is 296 g/mol. The number of carbonyl (C=O) groups excluding carboxylic acids is 1. The highest BCUT2D eigenvalue weighted by molar-refractivity contribution is 5.78. The van der Waals surface area contributed by atoms with E-state index in [2.05, 4.69) is 24.0 Å². The molecule has 0 aromatic carbocycles. The summed E-state index contributed by atoms with van der Waals surface area (Å²) in [4.78, 5) is 20.2. The number of rotatable bonds is 6. The minimum Gasteiger partial charge on any atom is -0.378 e. The van der Waals surface area contributed by atoms with Crippen LogP contribution in [0.2, 0.25) is 0 Å². The van der Waals surface area contributed by atoms with E-state index in [4.69, 9.17) is 9.26 Å². The van der Waals surface area contributed by atoms with Crippen molar-refractivity contribution in [2.75, 3.05) is 39.9 Å². The molecule has 0 atom stereocenters. The number of nitrogens with zero attached hydrogens (tertiary/aromatic N) is 4. The van der Waals surface area contributed by atoms with E-state index in [0.717, 1.165) is 12.2 Å². The Balaban J connectivity index is 1.79. The largest absolute Gasteiger partial charge is 0.378 e. The third kappa shape index (κ3) is 5.09. The van der Waals surface area contributed by atoms with Crippen molar-refractivity contribution in [3.63, 3.8) is 0 Å². The molecule has 2 heterocycles. The van der Waals surface area contributed by atoms with Crippen LogP contribution in [0.1, 0.15) is 25.6 Å². The Hall–Kier alpha value is -1.47. The van der Waals surface area contributed by atoms with Gasteiger partial charge >= 0.3 is 0 Å². The van der Waals surface area contributed by atoms with E-state index < -0.39 is 0 Å². The number of carbonyl (C=O) groups is 1. The molecule has 1 saturated heterocycles. The minimum atomic E-state index is 0.114. The SMILES string of the molecule is CC(C)Cc1noc(CN(C)CC(=O)N2CCOCC2)n1. The van der Waals surface area contributed by atoms with Gasteiger partial charge in [-0.3, -0.25) is 9.69 Å². The number of aromatic nitrogens is 2. The van der Waals surface area contributed by atoms with Crippen LogP contribution in [-0.4, -0.2) is 65.7 Å². The first-order valence-corrected chi connectivity index (χ1v) is 7.40. The van der Waals surface area contributed by atoms with Gasteiger partial charge in [-0.1, -0.05) is 19.0 Å². The topological polar surface area (TPSA) is 71.7 Å². The molecule has 1 aliphatic rings. The van der Waals surface area contributed by atoms with Crippen molar-refractivity contribution in [2.45, 2.75) is 26.8 Å². The highest BCUT2D eigenvalue weighted by Gasteiger charge is 2.19. The zero-order valence-corrected chi connectivity index (χ0v) is 13.0. The zero-order valence-electron chi connectivity index (χ0n) is 13.0. The van der Waals surface area contributed by atoms with E-state index in [9.17, 15) is 4.79 Å². The Morgan fingerprint density at radius 1 is 1.38 bits per heavy atom. The Morgan fingerprint density at radius 2 is 2.10 bits per heavy atom. The summed E-state index contributed by atoms with van der Waals surface area (Å²) in [7, 11) is 1.88. The van der Waals surface area contributed by atoms with Crippen LogP contribution < -0.4 is 0 Å². The lowest BCUT2D eigenvalue weighted by Crippen LogP contribution is -2.44. The molecule has 1 aliphatic heterocycles. The molecule has 2 rings (SSSR count). The lowest BCUT2D eigenvalue weighted by molar-refractivity contribution is -0.136. The first-order valence-electron chi connectivity index (χ1n) is 7.40. The van der Waals surface area contributed by atoms with Gasteiger partial charge in [0, 0.05) is 19.5 Å². The van der Waals surface area contributed by atoms with Crippen LogP contribution in [0, 0.1) is 5.92 Å². The molecule has 7 heteroatoms. The van der Waals surface area contributed by atoms with Crippen LogP contribution in [0.3, 0.4) is 0 Å². The summed E-state index contributed by atoms with van der Waals surface area (Å²) in [6.45, 7) is 7.66. The summed E-state index contributed by atoms with van der Waals surface area (Å²) in [5.74, 6) is 1.90. The summed E-state index contributed by atoms with van der Waals surface area (Å²) in [5, 5.41) is 3.95. The van der Waals surface area contributed by atoms with Gasteiger partial charge in [0.25, 0.3) is 0 Å². The van der Waals surface area contributed by atoms with Crippen molar-refractivity contribution >= 4 is 5.91 Å². The fourth-order valence-corrected chi connectivity index (χ4v) is 2.23. The quantitative estimate of drug-likeness (QED) is 0.764. The van der Waals surface area contributed by atoms with Crippen LogP contribution in [0.15, 0.2) is 4.52 Å². The van der Waals surface area contributed by atoms with Gasteiger partial charge in [-0.2, -0.15) is 4.98 Å². The number of likely N-dealkylation sites (N-methyl/N-ethyl adjacent to an activating group) is 1. The van der Waals surface area contributed by atoms with E-state index in [1.165, 1.54) is 0 Å². The van der Waals surface area contributed by atoms with E-state index in [1.54, 1.807) is 0 Å². The summed E-state index contributed by atoms with van der Waals surface area (Å²) >= 11 is 0. The molecule has 0 radical (unpaired) electrons. The van der Waals surface area contributed by atoms with Crippen molar-refractivity contribution in [3.8, 4) is 0 Å². The van der Waals surface area contributed by atoms with Crippen LogP contribution in [0.4, 0.5) is 0 Å². The van der Waals surface area contributed by atoms with Gasteiger partial charge in [0.1, 0.15) is 0 Å². The maximum absolute atomic E-state index is 12.1. The van der Waals surface area contributed by atoms with Crippen molar-refractivity contribution in [1.29, 1.82) is 0 Å². The second-order valence-electron chi connectivity index (χ2n) is 5.87. The first kappa shape index (κ1) is 15.9. The van der Waals surface area contributed by atoms with E-state index in [0.29, 0.717) is 51.2 Å². The zero-order chi connectivity index (χ0) is 15.2. The Kier molecular flexibility index (Phi) is 5.69. The van der Waals surface area contributed by atoms with Crippen LogP contribution >= 0.6 is 0 Å². The molecule has 1 fully saturated rings. The summed E-state index contributed by atoms with van der Waals surface area (Å²) in [6.07, 6.45) is 0.805. The molecule has 0 spiro atoms. The van der Waals surface area contributed by atoms with Gasteiger partial charge in [-0.05, 0) is 13.0 Å². The molecule has 7 nitrogen and oxygen atoms in total. The fraction of sp³-hybridized carbons (Fsp3) is 0.786. The number of amides is 1. The molecule has 118 valence electrons. The molecule has 0 unspecified atom stereocenters. The average Bonchev–Trinajstić information content (AvgIpc) is 2.85. The molecule has 0 saturated carbocycles. The van der Waals surface area contributed by atoms with E-state index >= 15 is 0 Å². The van der Waals surface area contributed by atoms with Crippen LogP contribution in [-0.2, 0) is 22.5 Å². The number of hydrogen-bond donors (Lipinski definition) is 0. The Morgan fingerprint density at radius 3 is 2.76 bits per heavy atom. The predicted octanol–water partition coefficient (Wildman–Crippen LogP) is 0.559. The number of hydrogen-bond acceptors (Lipinski definition) is 6. The normalized spacial score (nSPS) is 16.0. The summed E-state index contributed by atoms with van der Waals surface area (Å²) in [5.41, 5.74) is 0. The second-order valence-corrected chi connectivity index (χ2v) is 5.87. The minimum absolute atomic E-state index is 0.114. The molecule has 21 heavy (non-hydrogen) atoms. The van der Waals surface area contributed by atoms with Crippen molar-refractivity contribution in [2.24, 2.45) is 5.92 Å². The van der Waals surface area contributed by atoms with E-state index in [-0.39, 0.29) is 5.91 Å². The summed E-state index contributed by atoms with van der Waals surface area (Å²) in [6, 6.07) is 0. The number of ether oxygens (including phenoxy) is 1. The highest BCUT2D eigenvalue weighted by atomic mass is 16.5. The molecule has 0 bridgehead atoms. The molecule has 1 aromatic rings. The van der Waals surface area contributed by atoms with Crippen LogP contribution in [0.25, 0.3) is 0 Å². The molecular weight excluding hydrogens is 272 g/mol. The maximum Gasteiger partial charge on any atom is 0.240 e. The standard InChI is InChI=1S/C14H24N4O3/c1-11(2)8-12-15-13(21-16-12)9-17(3)10-14(19)18-4-6-20-7-5-18/h11H,4-10H2,1-3H3. The third-order valence-corrected chi connectivity index (χ3v) is 3.28. The van der Waals surface area contributed by atoms with E-state index in [1.807, 2.05) is 16.8 Å². The molecule has 0 aliphatic carbocycles. The lowest BCUT2D eigenvalue weighted by Gasteiger charge is -2.28. The highest BCUT2D eigenvalue weighted by Crippen LogP contribution is 2.07. The Labute approximate surface area is 125 Å². The lowest BCUT2D eigenvalue weighted by atomic mass is 10.1. The van der Waals surface area contributed by atoms with Gasteiger partial charge in [-0.15, -0.1) is 0 Å². The predicted molar refractivity (Wildman–Crippen MR) is 76.6 cm³/mol.